The Morgan fingerprint density at radius 3 is 2.56 bits per heavy atom. The van der Waals surface area contributed by atoms with Crippen molar-refractivity contribution in [2.24, 2.45) is 0 Å². The van der Waals surface area contributed by atoms with Crippen LogP contribution in [0, 0.1) is 6.92 Å². The van der Waals surface area contributed by atoms with Crippen LogP contribution in [-0.4, -0.2) is 45.8 Å². The lowest BCUT2D eigenvalue weighted by atomic mass is 10.2. The number of benzene rings is 1. The zero-order valence-corrected chi connectivity index (χ0v) is 16.1. The van der Waals surface area contributed by atoms with Gasteiger partial charge in [0.25, 0.3) is 5.91 Å². The van der Waals surface area contributed by atoms with E-state index in [1.165, 1.54) is 6.08 Å². The minimum absolute atomic E-state index is 0.152. The van der Waals surface area contributed by atoms with Crippen LogP contribution in [0.5, 0.6) is 0 Å². The van der Waals surface area contributed by atoms with E-state index in [2.05, 4.69) is 5.10 Å². The van der Waals surface area contributed by atoms with E-state index in [1.807, 2.05) is 37.3 Å². The quantitative estimate of drug-likeness (QED) is 0.582. The third-order valence-corrected chi connectivity index (χ3v) is 4.86. The van der Waals surface area contributed by atoms with Crippen molar-refractivity contribution < 1.29 is 14.3 Å². The summed E-state index contributed by atoms with van der Waals surface area (Å²) in [5.41, 5.74) is 2.16. The highest BCUT2D eigenvalue weighted by molar-refractivity contribution is 6.31. The zero-order chi connectivity index (χ0) is 19.4. The maximum absolute atomic E-state index is 12.2. The number of aryl methyl sites for hydroxylation is 1. The van der Waals surface area contributed by atoms with Gasteiger partial charge in [0.2, 0.25) is 0 Å². The molecule has 1 aromatic carbocycles. The molecule has 1 aromatic heterocycles. The van der Waals surface area contributed by atoms with Crippen molar-refractivity contribution in [3.63, 3.8) is 0 Å². The van der Waals surface area contributed by atoms with Gasteiger partial charge >= 0.3 is 5.97 Å². The number of ether oxygens (including phenoxy) is 1. The van der Waals surface area contributed by atoms with Gasteiger partial charge in [0.1, 0.15) is 5.15 Å². The van der Waals surface area contributed by atoms with Gasteiger partial charge in [-0.3, -0.25) is 4.79 Å². The molecule has 0 bridgehead atoms. The highest BCUT2D eigenvalue weighted by Gasteiger charge is 2.25. The number of amides is 1. The van der Waals surface area contributed by atoms with Crippen LogP contribution in [0.3, 0.4) is 0 Å². The van der Waals surface area contributed by atoms with Crippen molar-refractivity contribution in [1.82, 2.24) is 14.7 Å². The Morgan fingerprint density at radius 2 is 1.89 bits per heavy atom. The third-order valence-electron chi connectivity index (χ3n) is 4.49. The lowest BCUT2D eigenvalue weighted by molar-refractivity contribution is -0.154. The molecular formula is C20H22ClN3O3. The summed E-state index contributed by atoms with van der Waals surface area (Å²) in [7, 11) is 0. The second-order valence-electron chi connectivity index (χ2n) is 6.48. The molecule has 2 heterocycles. The van der Waals surface area contributed by atoms with E-state index in [-0.39, 0.29) is 5.91 Å². The van der Waals surface area contributed by atoms with Crippen LogP contribution in [0.2, 0.25) is 5.15 Å². The first-order valence-electron chi connectivity index (χ1n) is 8.95. The molecule has 2 aromatic rings. The van der Waals surface area contributed by atoms with Crippen molar-refractivity contribution in [2.75, 3.05) is 13.1 Å². The van der Waals surface area contributed by atoms with E-state index in [0.717, 1.165) is 31.6 Å². The molecule has 1 atom stereocenters. The van der Waals surface area contributed by atoms with Crippen LogP contribution in [0.4, 0.5) is 0 Å². The fourth-order valence-electron chi connectivity index (χ4n) is 3.05. The molecule has 1 fully saturated rings. The fraction of sp³-hybridized carbons (Fsp3) is 0.350. The molecule has 1 amide bonds. The molecule has 6 nitrogen and oxygen atoms in total. The number of aromatic nitrogens is 2. The Balaban J connectivity index is 1.68. The van der Waals surface area contributed by atoms with Gasteiger partial charge in [0.15, 0.2) is 6.10 Å². The smallest absolute Gasteiger partial charge is 0.331 e. The molecule has 3 rings (SSSR count). The summed E-state index contributed by atoms with van der Waals surface area (Å²) in [5.74, 6) is -0.738. The summed E-state index contributed by atoms with van der Waals surface area (Å²) in [4.78, 5) is 26.0. The zero-order valence-electron chi connectivity index (χ0n) is 15.4. The van der Waals surface area contributed by atoms with Gasteiger partial charge in [-0.1, -0.05) is 29.8 Å². The number of nitrogens with zero attached hydrogens (tertiary/aromatic N) is 3. The number of para-hydroxylation sites is 1. The lowest BCUT2D eigenvalue weighted by Crippen LogP contribution is -2.37. The SMILES string of the molecule is Cc1nn(-c2ccccc2)c(Cl)c1/C=C/C(=O)OC(C)C(=O)N1CCCC1. The Morgan fingerprint density at radius 1 is 1.22 bits per heavy atom. The van der Waals surface area contributed by atoms with Gasteiger partial charge in [0, 0.05) is 24.7 Å². The first kappa shape index (κ1) is 19.2. The maximum atomic E-state index is 12.2. The maximum Gasteiger partial charge on any atom is 0.331 e. The largest absolute Gasteiger partial charge is 0.449 e. The number of carbonyl (C=O) groups excluding carboxylic acids is 2. The molecule has 0 spiro atoms. The highest BCUT2D eigenvalue weighted by atomic mass is 35.5. The molecule has 142 valence electrons. The number of carbonyl (C=O) groups is 2. The number of hydrogen-bond donors (Lipinski definition) is 0. The Labute approximate surface area is 163 Å². The Hall–Kier alpha value is -2.60. The minimum atomic E-state index is -0.802. The summed E-state index contributed by atoms with van der Waals surface area (Å²) >= 11 is 6.43. The Kier molecular flexibility index (Phi) is 5.96. The predicted octanol–water partition coefficient (Wildman–Crippen LogP) is 3.40. The predicted molar refractivity (Wildman–Crippen MR) is 104 cm³/mol. The minimum Gasteiger partial charge on any atom is -0.449 e. The van der Waals surface area contributed by atoms with Crippen molar-refractivity contribution in [1.29, 1.82) is 0 Å². The van der Waals surface area contributed by atoms with E-state index in [1.54, 1.807) is 22.6 Å². The standard InChI is InChI=1S/C20H22ClN3O3/c1-14-17(19(21)24(22-14)16-8-4-3-5-9-16)10-11-18(25)27-15(2)20(26)23-12-6-7-13-23/h3-5,8-11,15H,6-7,12-13H2,1-2H3/b11-10+. The van der Waals surface area contributed by atoms with Gasteiger partial charge in [0.05, 0.1) is 11.4 Å². The molecule has 27 heavy (non-hydrogen) atoms. The average Bonchev–Trinajstić information content (AvgIpc) is 3.29. The van der Waals surface area contributed by atoms with Crippen LogP contribution < -0.4 is 0 Å². The van der Waals surface area contributed by atoms with Crippen LogP contribution in [0.1, 0.15) is 31.0 Å². The molecule has 7 heteroatoms. The average molecular weight is 388 g/mol. The number of halogens is 1. The van der Waals surface area contributed by atoms with E-state index >= 15 is 0 Å². The van der Waals surface area contributed by atoms with Gasteiger partial charge < -0.3 is 9.64 Å². The summed E-state index contributed by atoms with van der Waals surface area (Å²) in [6.45, 7) is 4.86. The summed E-state index contributed by atoms with van der Waals surface area (Å²) in [5, 5.41) is 4.83. The lowest BCUT2D eigenvalue weighted by Gasteiger charge is -2.19. The highest BCUT2D eigenvalue weighted by Crippen LogP contribution is 2.24. The van der Waals surface area contributed by atoms with Gasteiger partial charge in [-0.15, -0.1) is 0 Å². The molecule has 0 radical (unpaired) electrons. The van der Waals surface area contributed by atoms with Crippen LogP contribution in [0.15, 0.2) is 36.4 Å². The third kappa shape index (κ3) is 4.39. The van der Waals surface area contributed by atoms with Crippen LogP contribution >= 0.6 is 11.6 Å². The van der Waals surface area contributed by atoms with Gasteiger partial charge in [-0.2, -0.15) is 5.10 Å². The molecule has 1 aliphatic heterocycles. The summed E-state index contributed by atoms with van der Waals surface area (Å²) < 4.78 is 6.84. The monoisotopic (exact) mass is 387 g/mol. The van der Waals surface area contributed by atoms with E-state index in [0.29, 0.717) is 16.4 Å². The van der Waals surface area contributed by atoms with Crippen molar-refractivity contribution in [3.8, 4) is 5.69 Å². The van der Waals surface area contributed by atoms with E-state index in [4.69, 9.17) is 16.3 Å². The number of hydrogen-bond acceptors (Lipinski definition) is 4. The Bertz CT molecular complexity index is 855. The van der Waals surface area contributed by atoms with Crippen molar-refractivity contribution in [3.05, 3.63) is 52.8 Å². The number of likely N-dealkylation sites (tertiary alicyclic amines) is 1. The van der Waals surface area contributed by atoms with Crippen molar-refractivity contribution >= 4 is 29.6 Å². The topological polar surface area (TPSA) is 64.4 Å². The van der Waals surface area contributed by atoms with E-state index < -0.39 is 12.1 Å². The van der Waals surface area contributed by atoms with Gasteiger partial charge in [-0.25, -0.2) is 9.48 Å². The fourth-order valence-corrected chi connectivity index (χ4v) is 3.39. The van der Waals surface area contributed by atoms with Gasteiger partial charge in [-0.05, 0) is 44.9 Å². The number of rotatable bonds is 5. The molecule has 0 saturated carbocycles. The summed E-state index contributed by atoms with van der Waals surface area (Å²) in [6.07, 6.45) is 4.03. The molecule has 1 unspecified atom stereocenters. The molecule has 1 aliphatic rings. The second-order valence-corrected chi connectivity index (χ2v) is 6.84. The van der Waals surface area contributed by atoms with Crippen molar-refractivity contribution in [2.45, 2.75) is 32.8 Å². The second kappa shape index (κ2) is 8.39. The van der Waals surface area contributed by atoms with Crippen LogP contribution in [-0.2, 0) is 14.3 Å². The molecule has 0 N–H and O–H groups in total. The first-order valence-corrected chi connectivity index (χ1v) is 9.33. The van der Waals surface area contributed by atoms with E-state index in [9.17, 15) is 9.59 Å². The first-order chi connectivity index (χ1) is 13.0. The molecule has 1 saturated heterocycles. The van der Waals surface area contributed by atoms with Crippen LogP contribution in [0.25, 0.3) is 11.8 Å². The molecule has 0 aliphatic carbocycles. The molecular weight excluding hydrogens is 366 g/mol. The number of esters is 1. The normalized spacial score (nSPS) is 15.3. The summed E-state index contributed by atoms with van der Waals surface area (Å²) in [6, 6.07) is 9.50.